The minimum Gasteiger partial charge on any atom is -0.324 e. The van der Waals surface area contributed by atoms with Crippen molar-refractivity contribution in [2.24, 2.45) is 0 Å². The maximum absolute atomic E-state index is 13.0. The van der Waals surface area contributed by atoms with Crippen molar-refractivity contribution in [3.8, 4) is 0 Å². The van der Waals surface area contributed by atoms with Gasteiger partial charge < -0.3 is 5.32 Å². The van der Waals surface area contributed by atoms with E-state index in [0.717, 1.165) is 36.6 Å². The molecule has 1 atom stereocenters. The van der Waals surface area contributed by atoms with Crippen LogP contribution in [-0.4, -0.2) is 26.6 Å². The number of aryl methyl sites for hydroxylation is 3. The number of hydrogen-bond acceptors (Lipinski definition) is 3. The summed E-state index contributed by atoms with van der Waals surface area (Å²) in [5.41, 5.74) is 4.31. The van der Waals surface area contributed by atoms with Crippen LogP contribution in [0.1, 0.15) is 49.8 Å². The molecule has 29 heavy (non-hydrogen) atoms. The second-order valence-electron chi connectivity index (χ2n) is 7.62. The van der Waals surface area contributed by atoms with Crippen LogP contribution in [0, 0.1) is 13.8 Å². The van der Waals surface area contributed by atoms with E-state index in [9.17, 15) is 13.2 Å². The Morgan fingerprint density at radius 3 is 2.10 bits per heavy atom. The number of nitrogens with zero attached hydrogens (tertiary/aromatic N) is 1. The second-order valence-corrected chi connectivity index (χ2v) is 9.48. The predicted octanol–water partition coefficient (Wildman–Crippen LogP) is 4.83. The Hall–Kier alpha value is -2.34. The van der Waals surface area contributed by atoms with E-state index in [-0.39, 0.29) is 5.91 Å². The van der Waals surface area contributed by atoms with Gasteiger partial charge in [-0.25, -0.2) is 8.42 Å². The zero-order valence-electron chi connectivity index (χ0n) is 18.0. The van der Waals surface area contributed by atoms with Gasteiger partial charge in [0.2, 0.25) is 15.9 Å². The maximum Gasteiger partial charge on any atom is 0.248 e. The van der Waals surface area contributed by atoms with Crippen LogP contribution in [0.2, 0.25) is 0 Å². The molecule has 0 aliphatic rings. The Bertz CT molecular complexity index is 917. The highest BCUT2D eigenvalue weighted by molar-refractivity contribution is 7.92. The molecule has 1 N–H and O–H groups in total. The standard InChI is InChI=1S/C23H32N2O3S/c1-6-8-9-19-10-12-20(13-11-19)24-23(26)22(7-2)25(29(5,27)28)21-15-17(3)14-18(4)16-21/h10-16,22H,6-9H2,1-5H3,(H,24,26). The Labute approximate surface area is 175 Å². The molecule has 2 aromatic rings. The zero-order chi connectivity index (χ0) is 21.6. The van der Waals surface area contributed by atoms with E-state index in [1.54, 1.807) is 12.1 Å². The van der Waals surface area contributed by atoms with Crippen molar-refractivity contribution in [1.82, 2.24) is 0 Å². The van der Waals surface area contributed by atoms with E-state index in [1.165, 1.54) is 9.87 Å². The maximum atomic E-state index is 13.0. The van der Waals surface area contributed by atoms with Gasteiger partial charge in [0.25, 0.3) is 0 Å². The van der Waals surface area contributed by atoms with Gasteiger partial charge in [0.05, 0.1) is 11.9 Å². The summed E-state index contributed by atoms with van der Waals surface area (Å²) in [4.78, 5) is 13.0. The lowest BCUT2D eigenvalue weighted by Crippen LogP contribution is -2.47. The monoisotopic (exact) mass is 416 g/mol. The molecular formula is C23H32N2O3S. The Balaban J connectivity index is 2.28. The Morgan fingerprint density at radius 1 is 1.03 bits per heavy atom. The van der Waals surface area contributed by atoms with Crippen LogP contribution in [0.25, 0.3) is 0 Å². The molecule has 0 saturated carbocycles. The normalized spacial score (nSPS) is 12.4. The molecule has 1 unspecified atom stereocenters. The van der Waals surface area contributed by atoms with Crippen LogP contribution in [0.3, 0.4) is 0 Å². The van der Waals surface area contributed by atoms with Gasteiger partial charge in [-0.2, -0.15) is 0 Å². The van der Waals surface area contributed by atoms with E-state index in [2.05, 4.69) is 12.2 Å². The number of nitrogens with one attached hydrogen (secondary N) is 1. The summed E-state index contributed by atoms with van der Waals surface area (Å²) in [5, 5.41) is 2.88. The number of unbranched alkanes of at least 4 members (excludes halogenated alkanes) is 1. The first-order chi connectivity index (χ1) is 13.7. The van der Waals surface area contributed by atoms with Crippen LogP contribution in [0.4, 0.5) is 11.4 Å². The molecule has 0 heterocycles. The molecule has 0 bridgehead atoms. The molecule has 0 saturated heterocycles. The number of hydrogen-bond donors (Lipinski definition) is 1. The lowest BCUT2D eigenvalue weighted by atomic mass is 10.1. The number of carbonyl (C=O) groups excluding carboxylic acids is 1. The highest BCUT2D eigenvalue weighted by Crippen LogP contribution is 2.26. The summed E-state index contributed by atoms with van der Waals surface area (Å²) < 4.78 is 26.4. The van der Waals surface area contributed by atoms with Gasteiger partial charge in [0, 0.05) is 5.69 Å². The third kappa shape index (κ3) is 6.32. The summed E-state index contributed by atoms with van der Waals surface area (Å²) in [5.74, 6) is -0.335. The quantitative estimate of drug-likeness (QED) is 0.637. The largest absolute Gasteiger partial charge is 0.324 e. The summed E-state index contributed by atoms with van der Waals surface area (Å²) in [6, 6.07) is 12.5. The van der Waals surface area contributed by atoms with Crippen molar-refractivity contribution in [2.75, 3.05) is 15.9 Å². The topological polar surface area (TPSA) is 66.5 Å². The molecule has 0 fully saturated rings. The second kappa shape index (κ2) is 9.92. The fourth-order valence-corrected chi connectivity index (χ4v) is 4.69. The van der Waals surface area contributed by atoms with Crippen LogP contribution in [0.15, 0.2) is 42.5 Å². The smallest absolute Gasteiger partial charge is 0.248 e. The van der Waals surface area contributed by atoms with Crippen LogP contribution in [0.5, 0.6) is 0 Å². The van der Waals surface area contributed by atoms with Gasteiger partial charge in [-0.1, -0.05) is 38.5 Å². The van der Waals surface area contributed by atoms with Crippen LogP contribution < -0.4 is 9.62 Å². The first-order valence-corrected chi connectivity index (χ1v) is 12.0. The van der Waals surface area contributed by atoms with Gasteiger partial charge in [-0.3, -0.25) is 9.10 Å². The van der Waals surface area contributed by atoms with Crippen molar-refractivity contribution >= 4 is 27.3 Å². The minimum absolute atomic E-state index is 0.335. The van der Waals surface area contributed by atoms with E-state index in [4.69, 9.17) is 0 Å². The van der Waals surface area contributed by atoms with Gasteiger partial charge in [-0.15, -0.1) is 0 Å². The zero-order valence-corrected chi connectivity index (χ0v) is 18.8. The lowest BCUT2D eigenvalue weighted by molar-refractivity contribution is -0.117. The van der Waals surface area contributed by atoms with Gasteiger partial charge in [0.1, 0.15) is 6.04 Å². The van der Waals surface area contributed by atoms with Crippen molar-refractivity contribution < 1.29 is 13.2 Å². The molecule has 6 heteroatoms. The number of amides is 1. The average molecular weight is 417 g/mol. The SMILES string of the molecule is CCCCc1ccc(NC(=O)C(CC)N(c2cc(C)cc(C)c2)S(C)(=O)=O)cc1. The molecule has 0 aliphatic heterocycles. The number of benzene rings is 2. The van der Waals surface area contributed by atoms with Gasteiger partial charge in [-0.05, 0) is 74.1 Å². The third-order valence-corrected chi connectivity index (χ3v) is 6.01. The van der Waals surface area contributed by atoms with E-state index in [1.807, 2.05) is 51.1 Å². The average Bonchev–Trinajstić information content (AvgIpc) is 2.63. The van der Waals surface area contributed by atoms with E-state index in [0.29, 0.717) is 17.8 Å². The molecule has 2 rings (SSSR count). The number of rotatable bonds is 9. The molecule has 0 radical (unpaired) electrons. The summed E-state index contributed by atoms with van der Waals surface area (Å²) >= 11 is 0. The van der Waals surface area contributed by atoms with Crippen LogP contribution >= 0.6 is 0 Å². The molecule has 158 valence electrons. The summed E-state index contributed by atoms with van der Waals surface area (Å²) in [6.07, 6.45) is 4.78. The van der Waals surface area contributed by atoms with Crippen molar-refractivity contribution in [1.29, 1.82) is 0 Å². The minimum atomic E-state index is -3.64. The van der Waals surface area contributed by atoms with Crippen molar-refractivity contribution in [2.45, 2.75) is 59.4 Å². The molecule has 2 aromatic carbocycles. The molecule has 1 amide bonds. The fourth-order valence-electron chi connectivity index (χ4n) is 3.50. The van der Waals surface area contributed by atoms with Crippen LogP contribution in [-0.2, 0) is 21.2 Å². The predicted molar refractivity (Wildman–Crippen MR) is 121 cm³/mol. The van der Waals surface area contributed by atoms with Gasteiger partial charge in [0.15, 0.2) is 0 Å². The van der Waals surface area contributed by atoms with Gasteiger partial charge >= 0.3 is 0 Å². The highest BCUT2D eigenvalue weighted by Gasteiger charge is 2.31. The first kappa shape index (κ1) is 22.9. The fraction of sp³-hybridized carbons (Fsp3) is 0.435. The number of anilines is 2. The Kier molecular flexibility index (Phi) is 7.85. The molecule has 0 aliphatic carbocycles. The third-order valence-electron chi connectivity index (χ3n) is 4.83. The molecule has 0 aromatic heterocycles. The Morgan fingerprint density at radius 2 is 1.62 bits per heavy atom. The molecular weight excluding hydrogens is 384 g/mol. The highest BCUT2D eigenvalue weighted by atomic mass is 32.2. The van der Waals surface area contributed by atoms with Crippen molar-refractivity contribution in [3.05, 3.63) is 59.2 Å². The number of sulfonamides is 1. The lowest BCUT2D eigenvalue weighted by Gasteiger charge is -2.30. The van der Waals surface area contributed by atoms with E-state index >= 15 is 0 Å². The summed E-state index contributed by atoms with van der Waals surface area (Å²) in [7, 11) is -3.64. The number of carbonyl (C=O) groups is 1. The van der Waals surface area contributed by atoms with E-state index < -0.39 is 16.1 Å². The molecule has 5 nitrogen and oxygen atoms in total. The summed E-state index contributed by atoms with van der Waals surface area (Å²) in [6.45, 7) is 7.80. The first-order valence-electron chi connectivity index (χ1n) is 10.1. The van der Waals surface area contributed by atoms with Crippen molar-refractivity contribution in [3.63, 3.8) is 0 Å². The molecule has 0 spiro atoms.